The van der Waals surface area contributed by atoms with Crippen molar-refractivity contribution in [1.82, 2.24) is 5.32 Å². The molecule has 1 heterocycles. The molecule has 1 fully saturated rings. The molecule has 1 amide bonds. The number of hydrogen-bond donors (Lipinski definition) is 1. The van der Waals surface area contributed by atoms with Crippen LogP contribution in [0.4, 0.5) is 0 Å². The molecule has 1 aliphatic rings. The van der Waals surface area contributed by atoms with Crippen molar-refractivity contribution in [3.8, 4) is 5.75 Å². The Labute approximate surface area is 128 Å². The number of ether oxygens (including phenoxy) is 1. The summed E-state index contributed by atoms with van der Waals surface area (Å²) in [6, 6.07) is 4.21. The van der Waals surface area contributed by atoms with E-state index in [0.717, 1.165) is 33.4 Å². The highest BCUT2D eigenvalue weighted by atomic mass is 127. The first-order valence-corrected chi connectivity index (χ1v) is 7.58. The summed E-state index contributed by atoms with van der Waals surface area (Å²) in [6.07, 6.45) is 0.880. The molecule has 1 N–H and O–H groups in total. The van der Waals surface area contributed by atoms with Crippen LogP contribution in [0.2, 0.25) is 0 Å². The summed E-state index contributed by atoms with van der Waals surface area (Å²) in [5.41, 5.74) is 2.26. The maximum absolute atomic E-state index is 11.9. The fourth-order valence-electron chi connectivity index (χ4n) is 2.49. The van der Waals surface area contributed by atoms with Gasteiger partial charge in [0.05, 0.1) is 16.6 Å². The maximum atomic E-state index is 11.9. The third-order valence-electron chi connectivity index (χ3n) is 3.53. The molecule has 4 heteroatoms. The highest BCUT2D eigenvalue weighted by Gasteiger charge is 2.29. The van der Waals surface area contributed by atoms with E-state index >= 15 is 0 Å². The zero-order valence-electron chi connectivity index (χ0n) is 11.8. The van der Waals surface area contributed by atoms with Crippen molar-refractivity contribution in [3.63, 3.8) is 0 Å². The average molecular weight is 373 g/mol. The summed E-state index contributed by atoms with van der Waals surface area (Å²) in [5.74, 6) is 1.05. The molecule has 2 rings (SSSR count). The van der Waals surface area contributed by atoms with Gasteiger partial charge in [0.1, 0.15) is 5.75 Å². The predicted octanol–water partition coefficient (Wildman–Crippen LogP) is 3.20. The van der Waals surface area contributed by atoms with Crippen LogP contribution in [0.1, 0.15) is 44.2 Å². The minimum atomic E-state index is -0.0134. The van der Waals surface area contributed by atoms with Crippen LogP contribution in [0.3, 0.4) is 0 Å². The van der Waals surface area contributed by atoms with Gasteiger partial charge in [0, 0.05) is 12.1 Å². The Morgan fingerprint density at radius 2 is 2.05 bits per heavy atom. The Morgan fingerprint density at radius 1 is 1.37 bits per heavy atom. The molecule has 0 spiro atoms. The zero-order chi connectivity index (χ0) is 14.2. The number of rotatable bonds is 2. The van der Waals surface area contributed by atoms with Gasteiger partial charge in [-0.25, -0.2) is 0 Å². The van der Waals surface area contributed by atoms with Gasteiger partial charge in [0.15, 0.2) is 0 Å². The molecule has 3 nitrogen and oxygen atoms in total. The summed E-state index contributed by atoms with van der Waals surface area (Å²) < 4.78 is 6.61. The van der Waals surface area contributed by atoms with Crippen molar-refractivity contribution in [1.29, 1.82) is 0 Å². The van der Waals surface area contributed by atoms with Crippen molar-refractivity contribution in [3.05, 3.63) is 26.8 Å². The van der Waals surface area contributed by atoms with Crippen LogP contribution in [0, 0.1) is 3.57 Å². The Balaban J connectivity index is 2.53. The van der Waals surface area contributed by atoms with E-state index in [-0.39, 0.29) is 17.2 Å². The van der Waals surface area contributed by atoms with Crippen molar-refractivity contribution in [2.24, 2.45) is 0 Å². The fraction of sp³-hybridized carbons (Fsp3) is 0.533. The first kappa shape index (κ1) is 14.6. The first-order chi connectivity index (χ1) is 8.84. The molecule has 1 aromatic rings. The third kappa shape index (κ3) is 2.88. The summed E-state index contributed by atoms with van der Waals surface area (Å²) in [4.78, 5) is 11.9. The highest BCUT2D eigenvalue weighted by molar-refractivity contribution is 14.1. The Bertz CT molecular complexity index is 506. The summed E-state index contributed by atoms with van der Waals surface area (Å²) in [6.45, 7) is 7.27. The first-order valence-electron chi connectivity index (χ1n) is 6.50. The lowest BCUT2D eigenvalue weighted by Crippen LogP contribution is -2.19. The Morgan fingerprint density at radius 3 is 2.53 bits per heavy atom. The van der Waals surface area contributed by atoms with Crippen LogP contribution in [0.5, 0.6) is 5.75 Å². The van der Waals surface area contributed by atoms with Gasteiger partial charge in [-0.05, 0) is 46.1 Å². The second-order valence-corrected chi connectivity index (χ2v) is 7.13. The Hall–Kier alpha value is -0.780. The van der Waals surface area contributed by atoms with Crippen LogP contribution in [-0.4, -0.2) is 19.6 Å². The van der Waals surface area contributed by atoms with Crippen molar-refractivity contribution >= 4 is 28.5 Å². The second kappa shape index (κ2) is 5.31. The van der Waals surface area contributed by atoms with E-state index in [1.54, 1.807) is 7.11 Å². The molecule has 0 bridgehead atoms. The standard InChI is InChI=1S/C15H20INO2/c1-15(2,3)11-7-9(8-12(16)13(11)19-4)10-5-6-17-14(10)18/h7-8,10H,5-6H2,1-4H3,(H,17,18). The monoisotopic (exact) mass is 373 g/mol. The van der Waals surface area contributed by atoms with Gasteiger partial charge in [0.25, 0.3) is 0 Å². The molecule has 0 aromatic heterocycles. The minimum absolute atomic E-state index is 0.00362. The largest absolute Gasteiger partial charge is 0.495 e. The van der Waals surface area contributed by atoms with Crippen molar-refractivity contribution in [2.75, 3.05) is 13.7 Å². The van der Waals surface area contributed by atoms with E-state index in [2.05, 4.69) is 60.8 Å². The molecule has 0 saturated carbocycles. The molecule has 0 radical (unpaired) electrons. The number of methoxy groups -OCH3 is 1. The van der Waals surface area contributed by atoms with E-state index < -0.39 is 0 Å². The van der Waals surface area contributed by atoms with Gasteiger partial charge in [-0.1, -0.05) is 26.8 Å². The number of amides is 1. The fourth-order valence-corrected chi connectivity index (χ4v) is 3.36. The van der Waals surface area contributed by atoms with E-state index in [1.807, 2.05) is 0 Å². The number of carbonyl (C=O) groups excluding carboxylic acids is 1. The van der Waals surface area contributed by atoms with Crippen LogP contribution in [0.25, 0.3) is 0 Å². The summed E-state index contributed by atoms with van der Waals surface area (Å²) in [5, 5.41) is 2.90. The SMILES string of the molecule is COc1c(I)cc(C2CCNC2=O)cc1C(C)(C)C. The molecular weight excluding hydrogens is 353 g/mol. The number of halogens is 1. The molecule has 0 aliphatic carbocycles. The third-order valence-corrected chi connectivity index (χ3v) is 4.33. The number of carbonyl (C=O) groups is 1. The number of hydrogen-bond acceptors (Lipinski definition) is 2. The molecule has 1 aliphatic heterocycles. The van der Waals surface area contributed by atoms with Crippen LogP contribution >= 0.6 is 22.6 Å². The number of nitrogens with one attached hydrogen (secondary N) is 1. The van der Waals surface area contributed by atoms with Crippen molar-refractivity contribution in [2.45, 2.75) is 38.5 Å². The van der Waals surface area contributed by atoms with Gasteiger partial charge in [0.2, 0.25) is 5.91 Å². The minimum Gasteiger partial charge on any atom is -0.495 e. The van der Waals surface area contributed by atoms with E-state index in [9.17, 15) is 4.79 Å². The summed E-state index contributed by atoms with van der Waals surface area (Å²) >= 11 is 2.29. The van der Waals surface area contributed by atoms with E-state index in [1.165, 1.54) is 0 Å². The topological polar surface area (TPSA) is 38.3 Å². The normalized spacial score (nSPS) is 19.4. The average Bonchev–Trinajstić information content (AvgIpc) is 2.73. The van der Waals surface area contributed by atoms with Gasteiger partial charge in [-0.15, -0.1) is 0 Å². The quantitative estimate of drug-likeness (QED) is 0.809. The molecular formula is C15H20INO2. The van der Waals surface area contributed by atoms with Gasteiger partial charge >= 0.3 is 0 Å². The van der Waals surface area contributed by atoms with Crippen LogP contribution < -0.4 is 10.1 Å². The van der Waals surface area contributed by atoms with E-state index in [0.29, 0.717) is 0 Å². The molecule has 1 saturated heterocycles. The lowest BCUT2D eigenvalue weighted by atomic mass is 9.83. The van der Waals surface area contributed by atoms with Gasteiger partial charge in [-0.3, -0.25) is 4.79 Å². The van der Waals surface area contributed by atoms with Gasteiger partial charge in [-0.2, -0.15) is 0 Å². The van der Waals surface area contributed by atoms with Gasteiger partial charge < -0.3 is 10.1 Å². The van der Waals surface area contributed by atoms with Crippen LogP contribution in [0.15, 0.2) is 12.1 Å². The highest BCUT2D eigenvalue weighted by Crippen LogP contribution is 2.38. The zero-order valence-corrected chi connectivity index (χ0v) is 14.0. The maximum Gasteiger partial charge on any atom is 0.227 e. The lowest BCUT2D eigenvalue weighted by Gasteiger charge is -2.25. The number of benzene rings is 1. The molecule has 19 heavy (non-hydrogen) atoms. The van der Waals surface area contributed by atoms with Crippen molar-refractivity contribution < 1.29 is 9.53 Å². The Kier molecular flexibility index (Phi) is 4.08. The molecule has 1 atom stereocenters. The molecule has 104 valence electrons. The molecule has 1 unspecified atom stereocenters. The van der Waals surface area contributed by atoms with Crippen LogP contribution in [-0.2, 0) is 10.2 Å². The smallest absolute Gasteiger partial charge is 0.227 e. The predicted molar refractivity (Wildman–Crippen MR) is 84.8 cm³/mol. The summed E-state index contributed by atoms with van der Waals surface area (Å²) in [7, 11) is 1.70. The van der Waals surface area contributed by atoms with E-state index in [4.69, 9.17) is 4.74 Å². The molecule has 1 aromatic carbocycles. The second-order valence-electron chi connectivity index (χ2n) is 5.97. The lowest BCUT2D eigenvalue weighted by molar-refractivity contribution is -0.120.